The molecule has 34 heavy (non-hydrogen) atoms. The summed E-state index contributed by atoms with van der Waals surface area (Å²) in [4.78, 5) is 16.1. The van der Waals surface area contributed by atoms with Gasteiger partial charge in [0.25, 0.3) is 0 Å². The number of hydrogen-bond donors (Lipinski definition) is 3. The molecule has 0 saturated carbocycles. The molecular formula is C26H31N5O3. The van der Waals surface area contributed by atoms with Crippen molar-refractivity contribution in [2.24, 2.45) is 11.7 Å². The van der Waals surface area contributed by atoms with E-state index >= 15 is 0 Å². The van der Waals surface area contributed by atoms with Crippen LogP contribution in [0.25, 0.3) is 10.9 Å². The van der Waals surface area contributed by atoms with Crippen molar-refractivity contribution in [2.45, 2.75) is 32.4 Å². The Labute approximate surface area is 199 Å². The fourth-order valence-electron chi connectivity index (χ4n) is 5.14. The lowest BCUT2D eigenvalue weighted by Gasteiger charge is -2.32. The van der Waals surface area contributed by atoms with Crippen LogP contribution in [0.3, 0.4) is 0 Å². The number of carboxylic acid groups (broad SMARTS) is 1. The zero-order valence-electron chi connectivity index (χ0n) is 19.2. The van der Waals surface area contributed by atoms with E-state index in [2.05, 4.69) is 17.0 Å². The molecule has 5 rings (SSSR count). The smallest absolute Gasteiger partial charge is 0.416 e. The van der Waals surface area contributed by atoms with Gasteiger partial charge in [-0.3, -0.25) is 10.3 Å². The Bertz CT molecular complexity index is 1210. The van der Waals surface area contributed by atoms with E-state index in [1.807, 2.05) is 41.3 Å². The Balaban J connectivity index is 1.15. The summed E-state index contributed by atoms with van der Waals surface area (Å²) in [5, 5.41) is 18.4. The highest BCUT2D eigenvalue weighted by Crippen LogP contribution is 2.27. The number of fused-ring (bicyclic) bond motifs is 2. The number of nitrogens with zero attached hydrogens (tertiary/aromatic N) is 3. The molecule has 2 aromatic carbocycles. The first-order valence-corrected chi connectivity index (χ1v) is 11.9. The summed E-state index contributed by atoms with van der Waals surface area (Å²) >= 11 is 0. The Morgan fingerprint density at radius 2 is 1.88 bits per heavy atom. The zero-order chi connectivity index (χ0) is 23.7. The third-order valence-electron chi connectivity index (χ3n) is 7.09. The summed E-state index contributed by atoms with van der Waals surface area (Å²) in [6, 6.07) is 15.9. The molecule has 0 radical (unpaired) electrons. The molecule has 0 atom stereocenters. The van der Waals surface area contributed by atoms with Gasteiger partial charge in [-0.05, 0) is 73.7 Å². The van der Waals surface area contributed by atoms with Gasteiger partial charge in [0.1, 0.15) is 5.75 Å². The van der Waals surface area contributed by atoms with Crippen molar-refractivity contribution in [3.63, 3.8) is 0 Å². The third kappa shape index (κ3) is 4.59. The van der Waals surface area contributed by atoms with Crippen LogP contribution in [0.2, 0.25) is 0 Å². The molecule has 3 aromatic rings. The summed E-state index contributed by atoms with van der Waals surface area (Å²) in [7, 11) is 0. The van der Waals surface area contributed by atoms with Crippen molar-refractivity contribution < 1.29 is 14.6 Å². The minimum Gasteiger partial charge on any atom is -0.493 e. The maximum absolute atomic E-state index is 11.9. The maximum atomic E-state index is 11.9. The third-order valence-corrected chi connectivity index (χ3v) is 7.09. The lowest BCUT2D eigenvalue weighted by atomic mass is 9.97. The quantitative estimate of drug-likeness (QED) is 0.395. The number of para-hydroxylation sites is 1. The van der Waals surface area contributed by atoms with Gasteiger partial charge in [0.05, 0.1) is 12.1 Å². The number of ether oxygens (including phenoxy) is 1. The average Bonchev–Trinajstić information content (AvgIpc) is 3.21. The molecule has 0 unspecified atom stereocenters. The van der Waals surface area contributed by atoms with Crippen LogP contribution in [-0.4, -0.2) is 57.8 Å². The maximum Gasteiger partial charge on any atom is 0.416 e. The van der Waals surface area contributed by atoms with Crippen LogP contribution in [0, 0.1) is 11.3 Å². The number of hydrogen-bond acceptors (Lipinski definition) is 4. The van der Waals surface area contributed by atoms with Gasteiger partial charge < -0.3 is 20.5 Å². The number of rotatable bonds is 5. The van der Waals surface area contributed by atoms with Gasteiger partial charge in [-0.25, -0.2) is 9.36 Å². The van der Waals surface area contributed by atoms with Gasteiger partial charge in [-0.2, -0.15) is 0 Å². The summed E-state index contributed by atoms with van der Waals surface area (Å²) in [6.07, 6.45) is 2.01. The molecule has 0 aliphatic carbocycles. The Morgan fingerprint density at radius 1 is 1.09 bits per heavy atom. The average molecular weight is 462 g/mol. The first kappa shape index (κ1) is 22.3. The Kier molecular flexibility index (Phi) is 6.15. The van der Waals surface area contributed by atoms with Crippen LogP contribution in [0.1, 0.15) is 29.7 Å². The standard InChI is InChI=1S/C26H31N5O3/c27-25(28)30-12-9-19-5-6-23(14-21(19)15-30)34-17-18-7-10-29(11-8-18)16-22-13-20-3-1-2-4-24(20)31(22)26(32)33/h1-6,13-14,18H,7-12,15-17H2,(H3,27,28)(H,32,33). The molecule has 0 bridgehead atoms. The molecule has 2 aliphatic rings. The highest BCUT2D eigenvalue weighted by Gasteiger charge is 2.23. The fourth-order valence-corrected chi connectivity index (χ4v) is 5.14. The molecule has 1 fully saturated rings. The second-order valence-corrected chi connectivity index (χ2v) is 9.33. The summed E-state index contributed by atoms with van der Waals surface area (Å²) in [6.45, 7) is 4.60. The highest BCUT2D eigenvalue weighted by molar-refractivity contribution is 5.90. The number of likely N-dealkylation sites (tertiary alicyclic amines) is 1. The second kappa shape index (κ2) is 9.38. The molecule has 4 N–H and O–H groups in total. The number of nitrogens with two attached hydrogens (primary N) is 1. The lowest BCUT2D eigenvalue weighted by Crippen LogP contribution is -2.40. The van der Waals surface area contributed by atoms with Gasteiger partial charge in [0, 0.05) is 30.7 Å². The number of aromatic nitrogens is 1. The van der Waals surface area contributed by atoms with Crippen molar-refractivity contribution in [1.82, 2.24) is 14.4 Å². The van der Waals surface area contributed by atoms with Gasteiger partial charge in [-0.1, -0.05) is 24.3 Å². The first-order chi connectivity index (χ1) is 16.5. The van der Waals surface area contributed by atoms with Crippen molar-refractivity contribution in [3.8, 4) is 5.75 Å². The molecule has 0 amide bonds. The van der Waals surface area contributed by atoms with Crippen molar-refractivity contribution in [1.29, 1.82) is 5.41 Å². The van der Waals surface area contributed by atoms with Crippen LogP contribution < -0.4 is 10.5 Å². The van der Waals surface area contributed by atoms with E-state index in [9.17, 15) is 9.90 Å². The van der Waals surface area contributed by atoms with Gasteiger partial charge in [0.2, 0.25) is 0 Å². The van der Waals surface area contributed by atoms with Crippen molar-refractivity contribution in [2.75, 3.05) is 26.2 Å². The van der Waals surface area contributed by atoms with E-state index in [4.69, 9.17) is 15.9 Å². The number of piperidine rings is 1. The fraction of sp³-hybridized carbons (Fsp3) is 0.385. The molecule has 8 nitrogen and oxygen atoms in total. The molecule has 8 heteroatoms. The summed E-state index contributed by atoms with van der Waals surface area (Å²) < 4.78 is 7.56. The van der Waals surface area contributed by atoms with Crippen molar-refractivity contribution in [3.05, 3.63) is 65.4 Å². The van der Waals surface area contributed by atoms with Gasteiger partial charge in [-0.15, -0.1) is 0 Å². The number of benzene rings is 2. The zero-order valence-corrected chi connectivity index (χ0v) is 19.2. The van der Waals surface area contributed by atoms with E-state index in [-0.39, 0.29) is 5.96 Å². The largest absolute Gasteiger partial charge is 0.493 e. The Hall–Kier alpha value is -3.52. The van der Waals surface area contributed by atoms with Gasteiger partial charge >= 0.3 is 6.09 Å². The normalized spacial score (nSPS) is 17.0. The molecule has 0 spiro atoms. The summed E-state index contributed by atoms with van der Waals surface area (Å²) in [5.74, 6) is 1.47. The Morgan fingerprint density at radius 3 is 2.65 bits per heavy atom. The van der Waals surface area contributed by atoms with E-state index in [1.165, 1.54) is 15.7 Å². The van der Waals surface area contributed by atoms with Crippen LogP contribution in [0.15, 0.2) is 48.5 Å². The van der Waals surface area contributed by atoms with E-state index in [0.29, 0.717) is 25.6 Å². The van der Waals surface area contributed by atoms with Gasteiger partial charge in [0.15, 0.2) is 5.96 Å². The summed E-state index contributed by atoms with van der Waals surface area (Å²) in [5.41, 5.74) is 9.71. The van der Waals surface area contributed by atoms with Crippen LogP contribution >= 0.6 is 0 Å². The second-order valence-electron chi connectivity index (χ2n) is 9.33. The first-order valence-electron chi connectivity index (χ1n) is 11.9. The predicted octanol–water partition coefficient (Wildman–Crippen LogP) is 3.71. The van der Waals surface area contributed by atoms with E-state index < -0.39 is 6.09 Å². The molecule has 178 valence electrons. The van der Waals surface area contributed by atoms with E-state index in [1.54, 1.807) is 0 Å². The van der Waals surface area contributed by atoms with Crippen molar-refractivity contribution >= 4 is 23.0 Å². The molecule has 1 saturated heterocycles. The predicted molar refractivity (Wildman–Crippen MR) is 131 cm³/mol. The minimum absolute atomic E-state index is 0.118. The highest BCUT2D eigenvalue weighted by atomic mass is 16.5. The minimum atomic E-state index is -0.934. The molecule has 2 aliphatic heterocycles. The van der Waals surface area contributed by atoms with Crippen LogP contribution in [-0.2, 0) is 19.5 Å². The number of carbonyl (C=O) groups is 1. The monoisotopic (exact) mass is 461 g/mol. The molecule has 1 aromatic heterocycles. The van der Waals surface area contributed by atoms with E-state index in [0.717, 1.165) is 61.2 Å². The van der Waals surface area contributed by atoms with Crippen LogP contribution in [0.5, 0.6) is 5.75 Å². The SMILES string of the molecule is N=C(N)N1CCc2ccc(OCC3CCN(Cc4cc5ccccc5n4C(=O)O)CC3)cc2C1. The molecular weight excluding hydrogens is 430 g/mol. The lowest BCUT2D eigenvalue weighted by molar-refractivity contribution is 0.134. The van der Waals surface area contributed by atoms with Crippen LogP contribution in [0.4, 0.5) is 4.79 Å². The number of guanidine groups is 1. The topological polar surface area (TPSA) is 108 Å². The molecule has 3 heterocycles. The number of nitrogens with one attached hydrogen (secondary N) is 1.